The Labute approximate surface area is 94.3 Å². The van der Waals surface area contributed by atoms with Gasteiger partial charge in [-0.2, -0.15) is 11.3 Å². The molecule has 1 atom stereocenters. The summed E-state index contributed by atoms with van der Waals surface area (Å²) in [5.74, 6) is -0.727. The van der Waals surface area contributed by atoms with E-state index in [9.17, 15) is 4.79 Å². The van der Waals surface area contributed by atoms with Gasteiger partial charge in [0.1, 0.15) is 6.04 Å². The molecule has 15 heavy (non-hydrogen) atoms. The normalized spacial score (nSPS) is 13.0. The van der Waals surface area contributed by atoms with Crippen molar-refractivity contribution in [2.24, 2.45) is 0 Å². The van der Waals surface area contributed by atoms with E-state index in [0.29, 0.717) is 13.0 Å². The largest absolute Gasteiger partial charge is 0.480 e. The first-order valence-electron chi connectivity index (χ1n) is 5.09. The first-order chi connectivity index (χ1) is 7.15. The molecule has 1 unspecified atom stereocenters. The number of carboxylic acid groups (broad SMARTS) is 1. The molecular weight excluding hydrogens is 210 g/mol. The van der Waals surface area contributed by atoms with Gasteiger partial charge >= 0.3 is 5.97 Å². The van der Waals surface area contributed by atoms with Gasteiger partial charge in [-0.1, -0.05) is 13.3 Å². The standard InChI is InChI=1S/C11H17NO2S/c1-3-4-10(11(13)14)12(2)7-9-5-6-15-8-9/h5-6,8,10H,3-4,7H2,1-2H3,(H,13,14). The minimum atomic E-state index is -0.727. The van der Waals surface area contributed by atoms with Gasteiger partial charge in [-0.05, 0) is 35.9 Å². The SMILES string of the molecule is CCCC(C(=O)O)N(C)Cc1ccsc1. The van der Waals surface area contributed by atoms with E-state index >= 15 is 0 Å². The van der Waals surface area contributed by atoms with Crippen molar-refractivity contribution in [3.63, 3.8) is 0 Å². The Morgan fingerprint density at radius 2 is 2.40 bits per heavy atom. The molecule has 0 aromatic carbocycles. The number of likely N-dealkylation sites (N-methyl/N-ethyl adjacent to an activating group) is 1. The molecule has 0 aliphatic carbocycles. The molecule has 84 valence electrons. The van der Waals surface area contributed by atoms with Gasteiger partial charge in [-0.15, -0.1) is 0 Å². The average molecular weight is 227 g/mol. The summed E-state index contributed by atoms with van der Waals surface area (Å²) in [4.78, 5) is 12.9. The molecule has 1 aromatic rings. The zero-order valence-electron chi connectivity index (χ0n) is 9.14. The summed E-state index contributed by atoms with van der Waals surface area (Å²) in [5.41, 5.74) is 1.19. The molecule has 0 saturated heterocycles. The maximum absolute atomic E-state index is 11.0. The van der Waals surface area contributed by atoms with Gasteiger partial charge in [0.05, 0.1) is 0 Å². The highest BCUT2D eigenvalue weighted by Gasteiger charge is 2.21. The van der Waals surface area contributed by atoms with Crippen molar-refractivity contribution in [1.82, 2.24) is 4.90 Å². The highest BCUT2D eigenvalue weighted by atomic mass is 32.1. The third-order valence-corrected chi connectivity index (χ3v) is 3.12. The monoisotopic (exact) mass is 227 g/mol. The number of rotatable bonds is 6. The molecule has 1 aromatic heterocycles. The molecule has 3 nitrogen and oxygen atoms in total. The van der Waals surface area contributed by atoms with Crippen LogP contribution in [0.5, 0.6) is 0 Å². The molecule has 0 bridgehead atoms. The highest BCUT2D eigenvalue weighted by Crippen LogP contribution is 2.13. The Hall–Kier alpha value is -0.870. The maximum atomic E-state index is 11.0. The van der Waals surface area contributed by atoms with Crippen molar-refractivity contribution >= 4 is 17.3 Å². The van der Waals surface area contributed by atoms with Crippen molar-refractivity contribution in [2.45, 2.75) is 32.4 Å². The first kappa shape index (κ1) is 12.2. The Bertz CT molecular complexity index is 298. The summed E-state index contributed by atoms with van der Waals surface area (Å²) in [5, 5.41) is 13.1. The summed E-state index contributed by atoms with van der Waals surface area (Å²) in [6, 6.07) is 1.67. The lowest BCUT2D eigenvalue weighted by atomic mass is 10.1. The second kappa shape index (κ2) is 5.88. The Balaban J connectivity index is 2.56. The Kier molecular flexibility index (Phi) is 4.78. The molecule has 0 aliphatic heterocycles. The topological polar surface area (TPSA) is 40.5 Å². The summed E-state index contributed by atoms with van der Waals surface area (Å²) in [7, 11) is 1.87. The molecule has 0 amide bonds. The van der Waals surface area contributed by atoms with E-state index in [1.807, 2.05) is 30.3 Å². The molecule has 0 aliphatic rings. The van der Waals surface area contributed by atoms with Gasteiger partial charge in [0.25, 0.3) is 0 Å². The van der Waals surface area contributed by atoms with Crippen LogP contribution in [0, 0.1) is 0 Å². The number of hydrogen-bond donors (Lipinski definition) is 1. The number of carbonyl (C=O) groups is 1. The number of carboxylic acids is 1. The predicted molar refractivity (Wildman–Crippen MR) is 62.1 cm³/mol. The van der Waals surface area contributed by atoms with Gasteiger partial charge in [0.2, 0.25) is 0 Å². The molecule has 0 spiro atoms. The molecule has 1 heterocycles. The lowest BCUT2D eigenvalue weighted by Gasteiger charge is -2.23. The molecule has 1 rings (SSSR count). The molecule has 0 fully saturated rings. The van der Waals surface area contributed by atoms with Crippen LogP contribution in [0.25, 0.3) is 0 Å². The summed E-state index contributed by atoms with van der Waals surface area (Å²) in [6.07, 6.45) is 1.60. The fraction of sp³-hybridized carbons (Fsp3) is 0.545. The number of aliphatic carboxylic acids is 1. The van der Waals surface area contributed by atoms with Gasteiger partial charge < -0.3 is 5.11 Å². The number of nitrogens with zero attached hydrogens (tertiary/aromatic N) is 1. The lowest BCUT2D eigenvalue weighted by molar-refractivity contribution is -0.143. The van der Waals surface area contributed by atoms with E-state index in [-0.39, 0.29) is 6.04 Å². The van der Waals surface area contributed by atoms with E-state index in [4.69, 9.17) is 5.11 Å². The number of thiophene rings is 1. The molecule has 4 heteroatoms. The molecule has 1 N–H and O–H groups in total. The predicted octanol–water partition coefficient (Wildman–Crippen LogP) is 2.43. The van der Waals surface area contributed by atoms with E-state index in [0.717, 1.165) is 6.42 Å². The average Bonchev–Trinajstić information content (AvgIpc) is 2.65. The second-order valence-corrected chi connectivity index (χ2v) is 4.47. The van der Waals surface area contributed by atoms with Crippen molar-refractivity contribution in [3.8, 4) is 0 Å². The van der Waals surface area contributed by atoms with Crippen LogP contribution < -0.4 is 0 Å². The van der Waals surface area contributed by atoms with Crippen molar-refractivity contribution in [1.29, 1.82) is 0 Å². The molecule has 0 radical (unpaired) electrons. The van der Waals surface area contributed by atoms with Gasteiger partial charge in [-0.3, -0.25) is 9.69 Å². The van der Waals surface area contributed by atoms with E-state index in [1.54, 1.807) is 11.3 Å². The third kappa shape index (κ3) is 3.64. The van der Waals surface area contributed by atoms with Crippen LogP contribution in [0.2, 0.25) is 0 Å². The molecule has 0 saturated carbocycles. The van der Waals surface area contributed by atoms with E-state index in [1.165, 1.54) is 5.56 Å². The molecular formula is C11H17NO2S. The van der Waals surface area contributed by atoms with Crippen molar-refractivity contribution < 1.29 is 9.90 Å². The summed E-state index contributed by atoms with van der Waals surface area (Å²) < 4.78 is 0. The zero-order valence-corrected chi connectivity index (χ0v) is 9.96. The van der Waals surface area contributed by atoms with Crippen LogP contribution in [0.1, 0.15) is 25.3 Å². The second-order valence-electron chi connectivity index (χ2n) is 3.69. The minimum absolute atomic E-state index is 0.366. The summed E-state index contributed by atoms with van der Waals surface area (Å²) >= 11 is 1.64. The van der Waals surface area contributed by atoms with E-state index in [2.05, 4.69) is 5.38 Å². The fourth-order valence-corrected chi connectivity index (χ4v) is 2.25. The van der Waals surface area contributed by atoms with Gasteiger partial charge in [0, 0.05) is 6.54 Å². The quantitative estimate of drug-likeness (QED) is 0.811. The maximum Gasteiger partial charge on any atom is 0.320 e. The van der Waals surface area contributed by atoms with Crippen molar-refractivity contribution in [2.75, 3.05) is 7.05 Å². The van der Waals surface area contributed by atoms with Crippen LogP contribution in [0.4, 0.5) is 0 Å². The van der Waals surface area contributed by atoms with Crippen LogP contribution in [-0.4, -0.2) is 29.1 Å². The van der Waals surface area contributed by atoms with Crippen LogP contribution in [0.15, 0.2) is 16.8 Å². The Morgan fingerprint density at radius 1 is 1.67 bits per heavy atom. The van der Waals surface area contributed by atoms with Crippen LogP contribution in [0.3, 0.4) is 0 Å². The highest BCUT2D eigenvalue weighted by molar-refractivity contribution is 7.07. The Morgan fingerprint density at radius 3 is 2.87 bits per heavy atom. The first-order valence-corrected chi connectivity index (χ1v) is 6.03. The fourth-order valence-electron chi connectivity index (χ4n) is 1.59. The zero-order chi connectivity index (χ0) is 11.3. The smallest absolute Gasteiger partial charge is 0.320 e. The third-order valence-electron chi connectivity index (χ3n) is 2.39. The van der Waals surface area contributed by atoms with Crippen LogP contribution >= 0.6 is 11.3 Å². The number of hydrogen-bond acceptors (Lipinski definition) is 3. The lowest BCUT2D eigenvalue weighted by Crippen LogP contribution is -2.37. The minimum Gasteiger partial charge on any atom is -0.480 e. The van der Waals surface area contributed by atoms with Gasteiger partial charge in [0.15, 0.2) is 0 Å². The summed E-state index contributed by atoms with van der Waals surface area (Å²) in [6.45, 7) is 2.72. The van der Waals surface area contributed by atoms with Crippen LogP contribution in [-0.2, 0) is 11.3 Å². The van der Waals surface area contributed by atoms with E-state index < -0.39 is 5.97 Å². The van der Waals surface area contributed by atoms with Gasteiger partial charge in [-0.25, -0.2) is 0 Å². The van der Waals surface area contributed by atoms with Crippen molar-refractivity contribution in [3.05, 3.63) is 22.4 Å².